The van der Waals surface area contributed by atoms with Crippen LogP contribution < -0.4 is 10.2 Å². The highest BCUT2D eigenvalue weighted by atomic mass is 19.4. The first kappa shape index (κ1) is 21.1. The zero-order valence-corrected chi connectivity index (χ0v) is 16.8. The van der Waals surface area contributed by atoms with Crippen molar-refractivity contribution in [1.29, 1.82) is 0 Å². The van der Waals surface area contributed by atoms with Crippen LogP contribution in [0.5, 0.6) is 5.75 Å². The van der Waals surface area contributed by atoms with E-state index in [2.05, 4.69) is 20.5 Å². The summed E-state index contributed by atoms with van der Waals surface area (Å²) < 4.78 is 45.1. The molecule has 0 fully saturated rings. The Bertz CT molecular complexity index is 1260. The molecule has 2 N–H and O–H groups in total. The van der Waals surface area contributed by atoms with Gasteiger partial charge in [-0.15, -0.1) is 0 Å². The van der Waals surface area contributed by atoms with Gasteiger partial charge in [0, 0.05) is 5.56 Å². The summed E-state index contributed by atoms with van der Waals surface area (Å²) in [6.45, 7) is 0. The van der Waals surface area contributed by atoms with Crippen LogP contribution in [-0.2, 0) is 6.18 Å². The van der Waals surface area contributed by atoms with Gasteiger partial charge < -0.3 is 9.72 Å². The molecule has 0 amide bonds. The molecule has 0 atom stereocenters. The van der Waals surface area contributed by atoms with Crippen molar-refractivity contribution in [1.82, 2.24) is 9.97 Å². The SMILES string of the molecule is COc1ccc(C(=O)/C(=N/Nc2ccccc2C(F)(F)F)c2nc3ccccc3[nH]2)cc1. The van der Waals surface area contributed by atoms with E-state index in [1.807, 2.05) is 0 Å². The third-order valence-corrected chi connectivity index (χ3v) is 4.70. The van der Waals surface area contributed by atoms with Crippen molar-refractivity contribution in [2.75, 3.05) is 12.5 Å². The van der Waals surface area contributed by atoms with Crippen LogP contribution in [0, 0.1) is 0 Å². The fourth-order valence-corrected chi connectivity index (χ4v) is 3.10. The molecule has 0 saturated heterocycles. The number of hydrogen-bond acceptors (Lipinski definition) is 5. The van der Waals surface area contributed by atoms with E-state index in [4.69, 9.17) is 4.74 Å². The van der Waals surface area contributed by atoms with Gasteiger partial charge in [0.25, 0.3) is 0 Å². The average Bonchev–Trinajstić information content (AvgIpc) is 3.22. The number of aromatic nitrogens is 2. The molecule has 0 unspecified atom stereocenters. The van der Waals surface area contributed by atoms with Crippen molar-refractivity contribution in [2.24, 2.45) is 5.10 Å². The third-order valence-electron chi connectivity index (χ3n) is 4.70. The monoisotopic (exact) mass is 438 g/mol. The lowest BCUT2D eigenvalue weighted by Crippen LogP contribution is -2.20. The highest BCUT2D eigenvalue weighted by Gasteiger charge is 2.33. The summed E-state index contributed by atoms with van der Waals surface area (Å²) in [5.74, 6) is 0.161. The minimum Gasteiger partial charge on any atom is -0.497 e. The van der Waals surface area contributed by atoms with E-state index in [-0.39, 0.29) is 22.8 Å². The van der Waals surface area contributed by atoms with Crippen LogP contribution in [0.4, 0.5) is 18.9 Å². The first-order valence-electron chi connectivity index (χ1n) is 9.50. The lowest BCUT2D eigenvalue weighted by Gasteiger charge is -2.12. The van der Waals surface area contributed by atoms with Crippen molar-refractivity contribution >= 4 is 28.2 Å². The maximum absolute atomic E-state index is 13.3. The predicted octanol–water partition coefficient (Wildman–Crippen LogP) is 5.29. The van der Waals surface area contributed by atoms with Gasteiger partial charge in [-0.1, -0.05) is 24.3 Å². The summed E-state index contributed by atoms with van der Waals surface area (Å²) in [6, 6.07) is 18.3. The number of hydrazone groups is 1. The van der Waals surface area contributed by atoms with E-state index in [1.54, 1.807) is 48.5 Å². The molecule has 0 aliphatic heterocycles. The molecule has 0 spiro atoms. The minimum absolute atomic E-state index is 0.129. The Morgan fingerprint density at radius 1 is 1.00 bits per heavy atom. The number of anilines is 1. The number of ketones is 1. The second-order valence-electron chi connectivity index (χ2n) is 6.78. The van der Waals surface area contributed by atoms with E-state index < -0.39 is 17.5 Å². The molecule has 4 aromatic rings. The Balaban J connectivity index is 1.78. The van der Waals surface area contributed by atoms with E-state index in [0.717, 1.165) is 6.07 Å². The number of aromatic amines is 1. The van der Waals surface area contributed by atoms with E-state index in [9.17, 15) is 18.0 Å². The maximum atomic E-state index is 13.3. The van der Waals surface area contributed by atoms with Crippen LogP contribution in [-0.4, -0.2) is 28.6 Å². The molecule has 0 saturated carbocycles. The van der Waals surface area contributed by atoms with Crippen LogP contribution in [0.1, 0.15) is 21.7 Å². The van der Waals surface area contributed by atoms with Crippen molar-refractivity contribution in [3.05, 3.63) is 89.7 Å². The van der Waals surface area contributed by atoms with E-state index >= 15 is 0 Å². The highest BCUT2D eigenvalue weighted by Crippen LogP contribution is 2.34. The number of nitrogens with zero attached hydrogens (tertiary/aromatic N) is 2. The zero-order chi connectivity index (χ0) is 22.7. The Morgan fingerprint density at radius 3 is 2.38 bits per heavy atom. The fraction of sp³-hybridized carbons (Fsp3) is 0.0870. The standard InChI is InChI=1S/C23H17F3N4O2/c1-32-15-12-10-14(11-13-15)21(31)20(22-27-18-8-4-5-9-19(18)28-22)30-29-17-7-3-2-6-16(17)23(24,25)26/h2-13,29H,1H3,(H,27,28)/b30-20-. The predicted molar refractivity (Wildman–Crippen MR) is 115 cm³/mol. The number of Topliss-reactive ketones (excluding diaryl/α,β-unsaturated/α-hetero) is 1. The number of methoxy groups -OCH3 is 1. The number of para-hydroxylation sites is 3. The van der Waals surface area contributed by atoms with Crippen LogP contribution >= 0.6 is 0 Å². The van der Waals surface area contributed by atoms with Gasteiger partial charge in [-0.3, -0.25) is 10.2 Å². The summed E-state index contributed by atoms with van der Waals surface area (Å²) in [5, 5.41) is 4.04. The van der Waals surface area contributed by atoms with Gasteiger partial charge in [0.1, 0.15) is 5.75 Å². The number of fused-ring (bicyclic) bond motifs is 1. The Kier molecular flexibility index (Phi) is 5.63. The van der Waals surface area contributed by atoms with Gasteiger partial charge in [-0.25, -0.2) is 4.98 Å². The molecule has 0 bridgehead atoms. The number of nitrogens with one attached hydrogen (secondary N) is 2. The molecule has 9 heteroatoms. The van der Waals surface area contributed by atoms with Gasteiger partial charge in [-0.2, -0.15) is 18.3 Å². The lowest BCUT2D eigenvalue weighted by molar-refractivity contribution is -0.136. The number of halogens is 3. The number of benzene rings is 3. The first-order chi connectivity index (χ1) is 15.4. The summed E-state index contributed by atoms with van der Waals surface area (Å²) >= 11 is 0. The van der Waals surface area contributed by atoms with Crippen LogP contribution in [0.2, 0.25) is 0 Å². The van der Waals surface area contributed by atoms with Crippen molar-refractivity contribution in [3.63, 3.8) is 0 Å². The highest BCUT2D eigenvalue weighted by molar-refractivity contribution is 6.50. The zero-order valence-electron chi connectivity index (χ0n) is 16.8. The molecule has 1 aromatic heterocycles. The van der Waals surface area contributed by atoms with Crippen LogP contribution in [0.3, 0.4) is 0 Å². The fourth-order valence-electron chi connectivity index (χ4n) is 3.10. The molecule has 6 nitrogen and oxygen atoms in total. The number of H-pyrrole nitrogens is 1. The number of carbonyl (C=O) groups is 1. The third kappa shape index (κ3) is 4.31. The lowest BCUT2D eigenvalue weighted by atomic mass is 10.1. The number of alkyl halides is 3. The summed E-state index contributed by atoms with van der Waals surface area (Å²) in [6.07, 6.45) is -4.58. The van der Waals surface area contributed by atoms with E-state index in [1.165, 1.54) is 25.3 Å². The van der Waals surface area contributed by atoms with Crippen LogP contribution in [0.15, 0.2) is 77.9 Å². The molecular formula is C23H17F3N4O2. The largest absolute Gasteiger partial charge is 0.497 e. The number of ether oxygens (including phenoxy) is 1. The number of imidazole rings is 1. The summed E-state index contributed by atoms with van der Waals surface area (Å²) in [5.41, 5.74) is 2.58. The minimum atomic E-state index is -4.58. The quantitative estimate of drug-likeness (QED) is 0.244. The molecule has 162 valence electrons. The number of carbonyl (C=O) groups excluding carboxylic acids is 1. The first-order valence-corrected chi connectivity index (χ1v) is 9.50. The Labute approximate surface area is 180 Å². The van der Waals surface area contributed by atoms with Crippen LogP contribution in [0.25, 0.3) is 11.0 Å². The number of hydrogen-bond donors (Lipinski definition) is 2. The van der Waals surface area contributed by atoms with Gasteiger partial charge in [0.15, 0.2) is 11.5 Å². The molecule has 3 aromatic carbocycles. The molecule has 0 radical (unpaired) electrons. The van der Waals surface area contributed by atoms with Crippen molar-refractivity contribution in [3.8, 4) is 5.75 Å². The van der Waals surface area contributed by atoms with Gasteiger partial charge in [-0.05, 0) is 48.5 Å². The second-order valence-corrected chi connectivity index (χ2v) is 6.78. The molecule has 4 rings (SSSR count). The molecule has 32 heavy (non-hydrogen) atoms. The van der Waals surface area contributed by atoms with Crippen molar-refractivity contribution < 1.29 is 22.7 Å². The van der Waals surface area contributed by atoms with Gasteiger partial charge in [0.05, 0.1) is 29.4 Å². The topological polar surface area (TPSA) is 79.4 Å². The van der Waals surface area contributed by atoms with Gasteiger partial charge in [0.2, 0.25) is 5.78 Å². The molecular weight excluding hydrogens is 421 g/mol. The summed E-state index contributed by atoms with van der Waals surface area (Å²) in [7, 11) is 1.50. The smallest absolute Gasteiger partial charge is 0.418 e. The normalized spacial score (nSPS) is 12.1. The van der Waals surface area contributed by atoms with Crippen molar-refractivity contribution in [2.45, 2.75) is 6.18 Å². The maximum Gasteiger partial charge on any atom is 0.418 e. The van der Waals surface area contributed by atoms with E-state index in [0.29, 0.717) is 16.8 Å². The number of rotatable bonds is 6. The Morgan fingerprint density at radius 2 is 1.69 bits per heavy atom. The Hall–Kier alpha value is -4.14. The second kappa shape index (κ2) is 8.54. The molecule has 1 heterocycles. The van der Waals surface area contributed by atoms with Gasteiger partial charge >= 0.3 is 6.18 Å². The summed E-state index contributed by atoms with van der Waals surface area (Å²) in [4.78, 5) is 20.6. The molecule has 0 aliphatic rings. The average molecular weight is 438 g/mol. The molecule has 0 aliphatic carbocycles.